The Balaban J connectivity index is 1.27. The predicted octanol–water partition coefficient (Wildman–Crippen LogP) is 1.05. The van der Waals surface area contributed by atoms with Crippen LogP contribution in [0.15, 0.2) is 43.2 Å². The first-order valence-corrected chi connectivity index (χ1v) is 8.69. The van der Waals surface area contributed by atoms with Crippen molar-refractivity contribution in [3.05, 3.63) is 43.2 Å². The van der Waals surface area contributed by atoms with Gasteiger partial charge < -0.3 is 9.80 Å². The zero-order valence-electron chi connectivity index (χ0n) is 14.1. The van der Waals surface area contributed by atoms with E-state index in [4.69, 9.17) is 0 Å². The SMILES string of the molecule is O=C1CCCN1c1cnn(C2CN(c3cncc(-n4cccn4)n3)C2)c1. The Kier molecular flexibility index (Phi) is 3.44. The predicted molar refractivity (Wildman–Crippen MR) is 94.2 cm³/mol. The zero-order chi connectivity index (χ0) is 17.5. The Morgan fingerprint density at radius 1 is 1.08 bits per heavy atom. The van der Waals surface area contributed by atoms with Gasteiger partial charge in [0.2, 0.25) is 5.91 Å². The molecule has 0 N–H and O–H groups in total. The minimum absolute atomic E-state index is 0.186. The highest BCUT2D eigenvalue weighted by atomic mass is 16.2. The molecule has 2 aliphatic heterocycles. The second-order valence-corrected chi connectivity index (χ2v) is 6.57. The fourth-order valence-corrected chi connectivity index (χ4v) is 3.41. The number of anilines is 2. The largest absolute Gasteiger partial charge is 0.351 e. The highest BCUT2D eigenvalue weighted by molar-refractivity contribution is 5.95. The van der Waals surface area contributed by atoms with E-state index in [-0.39, 0.29) is 11.9 Å². The second-order valence-electron chi connectivity index (χ2n) is 6.57. The van der Waals surface area contributed by atoms with Crippen molar-refractivity contribution < 1.29 is 4.79 Å². The van der Waals surface area contributed by atoms with E-state index in [0.717, 1.165) is 37.6 Å². The van der Waals surface area contributed by atoms with Crippen LogP contribution in [0, 0.1) is 0 Å². The average Bonchev–Trinajstić information content (AvgIpc) is 3.35. The summed E-state index contributed by atoms with van der Waals surface area (Å²) in [5.74, 6) is 1.71. The molecule has 5 heterocycles. The summed E-state index contributed by atoms with van der Waals surface area (Å²) in [6, 6.07) is 2.13. The monoisotopic (exact) mass is 350 g/mol. The molecule has 9 heteroatoms. The third-order valence-corrected chi connectivity index (χ3v) is 4.88. The van der Waals surface area contributed by atoms with Crippen molar-refractivity contribution in [2.24, 2.45) is 0 Å². The van der Waals surface area contributed by atoms with Gasteiger partial charge in [0.05, 0.1) is 30.3 Å². The normalized spacial score (nSPS) is 17.8. The zero-order valence-corrected chi connectivity index (χ0v) is 14.1. The van der Waals surface area contributed by atoms with Crippen LogP contribution in [0.3, 0.4) is 0 Å². The summed E-state index contributed by atoms with van der Waals surface area (Å²) in [7, 11) is 0. The quantitative estimate of drug-likeness (QED) is 0.699. The standard InChI is InChI=1S/C17H18N8O/c26-17-3-1-5-23(17)13-7-20-25(12-13)14-10-22(11-14)15-8-18-9-16(21-15)24-6-2-4-19-24/h2,4,6-9,12,14H,1,3,5,10-11H2. The molecule has 0 aromatic carbocycles. The van der Waals surface area contributed by atoms with Crippen molar-refractivity contribution in [3.8, 4) is 5.82 Å². The first-order valence-electron chi connectivity index (χ1n) is 8.69. The van der Waals surface area contributed by atoms with E-state index in [0.29, 0.717) is 12.2 Å². The number of hydrogen-bond donors (Lipinski definition) is 0. The molecule has 2 aliphatic rings. The van der Waals surface area contributed by atoms with Crippen LogP contribution in [0.2, 0.25) is 0 Å². The summed E-state index contributed by atoms with van der Waals surface area (Å²) in [4.78, 5) is 24.7. The lowest BCUT2D eigenvalue weighted by atomic mass is 10.1. The maximum absolute atomic E-state index is 11.9. The van der Waals surface area contributed by atoms with Crippen molar-refractivity contribution in [1.82, 2.24) is 29.5 Å². The molecule has 0 radical (unpaired) electrons. The molecule has 0 spiro atoms. The Morgan fingerprint density at radius 2 is 1.96 bits per heavy atom. The molecule has 132 valence electrons. The number of nitrogens with zero attached hydrogens (tertiary/aromatic N) is 8. The molecule has 2 fully saturated rings. The third-order valence-electron chi connectivity index (χ3n) is 4.88. The van der Waals surface area contributed by atoms with Gasteiger partial charge in [-0.3, -0.25) is 14.5 Å². The van der Waals surface area contributed by atoms with Crippen LogP contribution in [0.5, 0.6) is 0 Å². The third kappa shape index (κ3) is 2.52. The van der Waals surface area contributed by atoms with E-state index in [9.17, 15) is 4.79 Å². The lowest BCUT2D eigenvalue weighted by molar-refractivity contribution is -0.117. The molecule has 26 heavy (non-hydrogen) atoms. The van der Waals surface area contributed by atoms with Gasteiger partial charge in [0.1, 0.15) is 5.82 Å². The van der Waals surface area contributed by atoms with Crippen LogP contribution in [0.4, 0.5) is 11.5 Å². The van der Waals surface area contributed by atoms with Gasteiger partial charge in [0.15, 0.2) is 5.82 Å². The molecule has 3 aromatic rings. The van der Waals surface area contributed by atoms with E-state index < -0.39 is 0 Å². The van der Waals surface area contributed by atoms with Gasteiger partial charge in [-0.1, -0.05) is 0 Å². The minimum atomic E-state index is 0.186. The highest BCUT2D eigenvalue weighted by Gasteiger charge is 2.31. The van der Waals surface area contributed by atoms with Crippen molar-refractivity contribution in [3.63, 3.8) is 0 Å². The van der Waals surface area contributed by atoms with Crippen LogP contribution >= 0.6 is 0 Å². The molecule has 3 aromatic heterocycles. The fraction of sp³-hybridized carbons (Fsp3) is 0.353. The highest BCUT2D eigenvalue weighted by Crippen LogP contribution is 2.28. The lowest BCUT2D eigenvalue weighted by Crippen LogP contribution is -2.48. The Hall–Kier alpha value is -3.23. The lowest BCUT2D eigenvalue weighted by Gasteiger charge is -2.39. The number of carbonyl (C=O) groups is 1. The van der Waals surface area contributed by atoms with Gasteiger partial charge in [-0.25, -0.2) is 9.67 Å². The van der Waals surface area contributed by atoms with Crippen LogP contribution in [-0.2, 0) is 4.79 Å². The van der Waals surface area contributed by atoms with Crippen LogP contribution in [0.25, 0.3) is 5.82 Å². The Labute approximate surface area is 149 Å². The molecule has 1 amide bonds. The molecule has 0 bridgehead atoms. The van der Waals surface area contributed by atoms with Gasteiger partial charge >= 0.3 is 0 Å². The summed E-state index contributed by atoms with van der Waals surface area (Å²) in [5, 5.41) is 8.64. The van der Waals surface area contributed by atoms with Gasteiger partial charge in [0, 0.05) is 44.6 Å². The van der Waals surface area contributed by atoms with E-state index in [1.54, 1.807) is 29.5 Å². The number of hydrogen-bond acceptors (Lipinski definition) is 6. The van der Waals surface area contributed by atoms with Gasteiger partial charge in [-0.05, 0) is 12.5 Å². The summed E-state index contributed by atoms with van der Waals surface area (Å²) in [6.45, 7) is 2.41. The van der Waals surface area contributed by atoms with Crippen LogP contribution in [0.1, 0.15) is 18.9 Å². The average molecular weight is 350 g/mol. The van der Waals surface area contributed by atoms with Crippen molar-refractivity contribution >= 4 is 17.4 Å². The van der Waals surface area contributed by atoms with Gasteiger partial charge in [0.25, 0.3) is 0 Å². The summed E-state index contributed by atoms with van der Waals surface area (Å²) in [5.41, 5.74) is 0.895. The summed E-state index contributed by atoms with van der Waals surface area (Å²) < 4.78 is 3.64. The van der Waals surface area contributed by atoms with E-state index in [2.05, 4.69) is 25.1 Å². The van der Waals surface area contributed by atoms with E-state index >= 15 is 0 Å². The molecule has 0 saturated carbocycles. The molecule has 5 rings (SSSR count). The van der Waals surface area contributed by atoms with E-state index in [1.807, 2.05) is 28.0 Å². The summed E-state index contributed by atoms with van der Waals surface area (Å²) in [6.07, 6.45) is 12.3. The van der Waals surface area contributed by atoms with Crippen molar-refractivity contribution in [2.75, 3.05) is 29.4 Å². The van der Waals surface area contributed by atoms with Crippen molar-refractivity contribution in [1.29, 1.82) is 0 Å². The second kappa shape index (κ2) is 5.94. The Bertz CT molecular complexity index is 928. The number of amides is 1. The smallest absolute Gasteiger partial charge is 0.227 e. The topological polar surface area (TPSA) is 85.0 Å². The number of rotatable bonds is 4. The molecule has 2 saturated heterocycles. The molecule has 0 unspecified atom stereocenters. The molecular weight excluding hydrogens is 332 g/mol. The first kappa shape index (κ1) is 15.1. The first-order chi connectivity index (χ1) is 12.8. The van der Waals surface area contributed by atoms with Gasteiger partial charge in [-0.15, -0.1) is 0 Å². The minimum Gasteiger partial charge on any atom is -0.351 e. The molecule has 0 aliphatic carbocycles. The molecule has 9 nitrogen and oxygen atoms in total. The number of carbonyl (C=O) groups excluding carboxylic acids is 1. The summed E-state index contributed by atoms with van der Waals surface area (Å²) >= 11 is 0. The fourth-order valence-electron chi connectivity index (χ4n) is 3.41. The van der Waals surface area contributed by atoms with E-state index in [1.165, 1.54) is 0 Å². The van der Waals surface area contributed by atoms with Crippen LogP contribution < -0.4 is 9.80 Å². The number of aromatic nitrogens is 6. The maximum atomic E-state index is 11.9. The molecular formula is C17H18N8O. The molecule has 0 atom stereocenters. The van der Waals surface area contributed by atoms with Gasteiger partial charge in [-0.2, -0.15) is 10.2 Å². The van der Waals surface area contributed by atoms with Crippen molar-refractivity contribution in [2.45, 2.75) is 18.9 Å². The maximum Gasteiger partial charge on any atom is 0.227 e. The Morgan fingerprint density at radius 3 is 2.73 bits per heavy atom. The van der Waals surface area contributed by atoms with Crippen LogP contribution in [-0.4, -0.2) is 55.1 Å².